The topological polar surface area (TPSA) is 98.3 Å². The number of hydrogen-bond donors (Lipinski definition) is 2. The van der Waals surface area contributed by atoms with Gasteiger partial charge in [0.2, 0.25) is 5.91 Å². The van der Waals surface area contributed by atoms with E-state index >= 15 is 0 Å². The van der Waals surface area contributed by atoms with E-state index in [1.807, 2.05) is 0 Å². The van der Waals surface area contributed by atoms with E-state index in [1.165, 1.54) is 18.2 Å². The number of nitrogens with two attached hydrogens (primary N) is 1. The van der Waals surface area contributed by atoms with Gasteiger partial charge >= 0.3 is 0 Å². The lowest BCUT2D eigenvalue weighted by Gasteiger charge is -2.27. The Balaban J connectivity index is 2.18. The molecule has 0 radical (unpaired) electrons. The van der Waals surface area contributed by atoms with Gasteiger partial charge in [-0.2, -0.15) is 0 Å². The molecule has 6 nitrogen and oxygen atoms in total. The highest BCUT2D eigenvalue weighted by molar-refractivity contribution is 6.31. The van der Waals surface area contributed by atoms with Crippen molar-refractivity contribution in [2.75, 3.05) is 5.32 Å². The summed E-state index contributed by atoms with van der Waals surface area (Å²) in [6.07, 6.45) is 3.47. The number of benzene rings is 1. The molecule has 1 aromatic carbocycles. The Kier molecular flexibility index (Phi) is 4.57. The molecule has 2 atom stereocenters. The Hall–Kier alpha value is -1.66. The van der Waals surface area contributed by atoms with Crippen LogP contribution in [-0.4, -0.2) is 16.9 Å². The SMILES string of the molecule is NC1CCCCC1C(=O)Nc1cc(Cl)ccc1[N+](=O)[O-]. The fourth-order valence-corrected chi connectivity index (χ4v) is 2.65. The maximum atomic E-state index is 12.2. The lowest BCUT2D eigenvalue weighted by Crippen LogP contribution is -2.40. The summed E-state index contributed by atoms with van der Waals surface area (Å²) in [6, 6.07) is 3.88. The second kappa shape index (κ2) is 6.19. The van der Waals surface area contributed by atoms with E-state index < -0.39 is 4.92 Å². The van der Waals surface area contributed by atoms with Crippen molar-refractivity contribution in [1.29, 1.82) is 0 Å². The van der Waals surface area contributed by atoms with Crippen molar-refractivity contribution in [3.05, 3.63) is 33.3 Å². The van der Waals surface area contributed by atoms with Crippen molar-refractivity contribution in [2.45, 2.75) is 31.7 Å². The predicted molar refractivity (Wildman–Crippen MR) is 76.7 cm³/mol. The number of hydrogen-bond acceptors (Lipinski definition) is 4. The molecule has 108 valence electrons. The zero-order valence-electron chi connectivity index (χ0n) is 10.8. The number of halogens is 1. The highest BCUT2D eigenvalue weighted by Gasteiger charge is 2.29. The van der Waals surface area contributed by atoms with Gasteiger partial charge in [-0.25, -0.2) is 0 Å². The second-order valence-electron chi connectivity index (χ2n) is 4.96. The molecule has 7 heteroatoms. The van der Waals surface area contributed by atoms with Crippen LogP contribution in [0, 0.1) is 16.0 Å². The molecule has 2 unspecified atom stereocenters. The molecule has 0 spiro atoms. The third kappa shape index (κ3) is 3.26. The van der Waals surface area contributed by atoms with E-state index in [0.29, 0.717) is 11.4 Å². The molecule has 2 rings (SSSR count). The van der Waals surface area contributed by atoms with Crippen LogP contribution < -0.4 is 11.1 Å². The molecule has 3 N–H and O–H groups in total. The summed E-state index contributed by atoms with van der Waals surface area (Å²) in [6.45, 7) is 0. The summed E-state index contributed by atoms with van der Waals surface area (Å²) >= 11 is 5.82. The Morgan fingerprint density at radius 2 is 2.10 bits per heavy atom. The first kappa shape index (κ1) is 14.7. The summed E-state index contributed by atoms with van der Waals surface area (Å²) in [5.41, 5.74) is 5.88. The van der Waals surface area contributed by atoms with Gasteiger partial charge < -0.3 is 11.1 Å². The largest absolute Gasteiger partial charge is 0.327 e. The lowest BCUT2D eigenvalue weighted by molar-refractivity contribution is -0.383. The number of anilines is 1. The fraction of sp³-hybridized carbons (Fsp3) is 0.462. The number of carbonyl (C=O) groups excluding carboxylic acids is 1. The van der Waals surface area contributed by atoms with Crippen LogP contribution in [0.1, 0.15) is 25.7 Å². The first-order valence-electron chi connectivity index (χ1n) is 6.49. The predicted octanol–water partition coefficient (Wildman–Crippen LogP) is 2.70. The van der Waals surface area contributed by atoms with Gasteiger partial charge in [-0.15, -0.1) is 0 Å². The monoisotopic (exact) mass is 297 g/mol. The summed E-state index contributed by atoms with van der Waals surface area (Å²) in [7, 11) is 0. The van der Waals surface area contributed by atoms with Crippen LogP contribution >= 0.6 is 11.6 Å². The first-order chi connectivity index (χ1) is 9.49. The van der Waals surface area contributed by atoms with Gasteiger partial charge in [0, 0.05) is 17.1 Å². The van der Waals surface area contributed by atoms with Gasteiger partial charge in [-0.1, -0.05) is 24.4 Å². The van der Waals surface area contributed by atoms with Gasteiger partial charge in [0.05, 0.1) is 10.8 Å². The number of nitrogens with one attached hydrogen (secondary N) is 1. The van der Waals surface area contributed by atoms with Crippen LogP contribution in [0.15, 0.2) is 18.2 Å². The van der Waals surface area contributed by atoms with Crippen molar-refractivity contribution in [2.24, 2.45) is 11.7 Å². The molecule has 1 amide bonds. The van der Waals surface area contributed by atoms with Crippen LogP contribution in [0.25, 0.3) is 0 Å². The summed E-state index contributed by atoms with van der Waals surface area (Å²) in [5.74, 6) is -0.579. The van der Waals surface area contributed by atoms with E-state index in [9.17, 15) is 14.9 Å². The number of nitro groups is 1. The van der Waals surface area contributed by atoms with E-state index in [-0.39, 0.29) is 29.2 Å². The highest BCUT2D eigenvalue weighted by Crippen LogP contribution is 2.30. The van der Waals surface area contributed by atoms with Crippen LogP contribution in [0.4, 0.5) is 11.4 Å². The normalized spacial score (nSPS) is 22.3. The molecule has 0 bridgehead atoms. The van der Waals surface area contributed by atoms with Crippen molar-refractivity contribution in [3.63, 3.8) is 0 Å². The number of nitro benzene ring substituents is 1. The summed E-state index contributed by atoms with van der Waals surface area (Å²) in [5, 5.41) is 13.9. The Labute approximate surface area is 121 Å². The van der Waals surface area contributed by atoms with Gasteiger partial charge in [0.1, 0.15) is 5.69 Å². The quantitative estimate of drug-likeness (QED) is 0.662. The lowest BCUT2D eigenvalue weighted by atomic mass is 9.84. The van der Waals surface area contributed by atoms with Crippen molar-refractivity contribution in [1.82, 2.24) is 0 Å². The van der Waals surface area contributed by atoms with Gasteiger partial charge in [-0.05, 0) is 25.0 Å². The maximum absolute atomic E-state index is 12.2. The number of amides is 1. The Bertz CT molecular complexity index is 536. The van der Waals surface area contributed by atoms with Gasteiger partial charge in [0.25, 0.3) is 5.69 Å². The average Bonchev–Trinajstić information content (AvgIpc) is 2.38. The van der Waals surface area contributed by atoms with Crippen molar-refractivity contribution >= 4 is 28.9 Å². The smallest absolute Gasteiger partial charge is 0.292 e. The maximum Gasteiger partial charge on any atom is 0.292 e. The van der Waals surface area contributed by atoms with E-state index in [1.54, 1.807) is 0 Å². The number of carbonyl (C=O) groups is 1. The van der Waals surface area contributed by atoms with Crippen LogP contribution in [0.5, 0.6) is 0 Å². The molecule has 0 saturated heterocycles. The molecule has 1 aliphatic rings. The average molecular weight is 298 g/mol. The third-order valence-corrected chi connectivity index (χ3v) is 3.80. The van der Waals surface area contributed by atoms with E-state index in [4.69, 9.17) is 17.3 Å². The highest BCUT2D eigenvalue weighted by atomic mass is 35.5. The van der Waals surface area contributed by atoms with Crippen LogP contribution in [-0.2, 0) is 4.79 Å². The van der Waals surface area contributed by atoms with Crippen molar-refractivity contribution < 1.29 is 9.72 Å². The third-order valence-electron chi connectivity index (χ3n) is 3.57. The first-order valence-corrected chi connectivity index (χ1v) is 6.87. The fourth-order valence-electron chi connectivity index (χ4n) is 2.48. The molecule has 1 aliphatic carbocycles. The second-order valence-corrected chi connectivity index (χ2v) is 5.40. The molecule has 0 aromatic heterocycles. The molecule has 0 heterocycles. The molecule has 20 heavy (non-hydrogen) atoms. The standard InChI is InChI=1S/C13H16ClN3O3/c14-8-5-6-12(17(19)20)11(7-8)16-13(18)9-3-1-2-4-10(9)15/h5-7,9-10H,1-4,15H2,(H,16,18). The van der Waals surface area contributed by atoms with Crippen LogP contribution in [0.3, 0.4) is 0 Å². The van der Waals surface area contributed by atoms with E-state index in [2.05, 4.69) is 5.32 Å². The minimum absolute atomic E-state index is 0.116. The Morgan fingerprint density at radius 1 is 1.40 bits per heavy atom. The molecule has 1 fully saturated rings. The number of nitrogens with zero attached hydrogens (tertiary/aromatic N) is 1. The van der Waals surface area contributed by atoms with Gasteiger partial charge in [0.15, 0.2) is 0 Å². The molecule has 1 saturated carbocycles. The number of rotatable bonds is 3. The zero-order valence-corrected chi connectivity index (χ0v) is 11.6. The summed E-state index contributed by atoms with van der Waals surface area (Å²) < 4.78 is 0. The van der Waals surface area contributed by atoms with E-state index in [0.717, 1.165) is 19.3 Å². The molecular weight excluding hydrogens is 282 g/mol. The van der Waals surface area contributed by atoms with Gasteiger partial charge in [-0.3, -0.25) is 14.9 Å². The Morgan fingerprint density at radius 3 is 2.75 bits per heavy atom. The molecule has 0 aliphatic heterocycles. The minimum Gasteiger partial charge on any atom is -0.327 e. The summed E-state index contributed by atoms with van der Waals surface area (Å²) in [4.78, 5) is 22.6. The zero-order chi connectivity index (χ0) is 14.7. The minimum atomic E-state index is -0.549. The van der Waals surface area contributed by atoms with Crippen LogP contribution in [0.2, 0.25) is 5.02 Å². The van der Waals surface area contributed by atoms with Crippen molar-refractivity contribution in [3.8, 4) is 0 Å². The molecular formula is C13H16ClN3O3. The molecule has 1 aromatic rings.